The lowest BCUT2D eigenvalue weighted by atomic mass is 10.5. The molecular formula is C3H8ClO2PS. The highest BCUT2D eigenvalue weighted by Gasteiger charge is 2.09. The van der Waals surface area contributed by atoms with Gasteiger partial charge < -0.3 is 9.42 Å². The third-order valence-electron chi connectivity index (χ3n) is 0.341. The van der Waals surface area contributed by atoms with E-state index in [-0.39, 0.29) is 6.10 Å². The maximum absolute atomic E-state index is 8.66. The van der Waals surface area contributed by atoms with E-state index >= 15 is 0 Å². The lowest BCUT2D eigenvalue weighted by Crippen LogP contribution is -1.95. The first-order chi connectivity index (χ1) is 3.42. The van der Waals surface area contributed by atoms with E-state index in [1.807, 2.05) is 0 Å². The summed E-state index contributed by atoms with van der Waals surface area (Å²) in [5, 5.41) is 0. The Balaban J connectivity index is 3.56. The summed E-state index contributed by atoms with van der Waals surface area (Å²) in [5.74, 6) is -2.92. The number of rotatable bonds is 2. The largest absolute Gasteiger partial charge is 0.334 e. The molecule has 0 aliphatic carbocycles. The van der Waals surface area contributed by atoms with E-state index in [2.05, 4.69) is 16.3 Å². The van der Waals surface area contributed by atoms with E-state index in [0.717, 1.165) is 0 Å². The van der Waals surface area contributed by atoms with Crippen molar-refractivity contribution in [1.29, 1.82) is 0 Å². The zero-order chi connectivity index (χ0) is 6.78. The summed E-state index contributed by atoms with van der Waals surface area (Å²) >= 11 is 9.56. The Morgan fingerprint density at radius 1 is 1.75 bits per heavy atom. The van der Waals surface area contributed by atoms with Gasteiger partial charge in [-0.2, -0.15) is 0 Å². The second-order valence-corrected chi connectivity index (χ2v) is 6.18. The topological polar surface area (TPSA) is 29.5 Å². The first kappa shape index (κ1) is 8.86. The highest BCUT2D eigenvalue weighted by atomic mass is 35.7. The van der Waals surface area contributed by atoms with Crippen LogP contribution < -0.4 is 0 Å². The quantitative estimate of drug-likeness (QED) is 0.648. The Morgan fingerprint density at radius 2 is 2.12 bits per heavy atom. The zero-order valence-corrected chi connectivity index (χ0v) is 7.13. The fraction of sp³-hybridized carbons (Fsp3) is 1.00. The third kappa shape index (κ3) is 6.86. The van der Waals surface area contributed by atoms with Crippen molar-refractivity contribution < 1.29 is 9.42 Å². The normalized spacial score (nSPS) is 18.6. The van der Waals surface area contributed by atoms with Gasteiger partial charge in [-0.25, -0.2) is 0 Å². The van der Waals surface area contributed by atoms with Crippen molar-refractivity contribution in [3.63, 3.8) is 0 Å². The zero-order valence-electron chi connectivity index (χ0n) is 4.67. The third-order valence-corrected chi connectivity index (χ3v) is 1.52. The van der Waals surface area contributed by atoms with Crippen LogP contribution in [0.15, 0.2) is 0 Å². The molecule has 0 radical (unpaired) electrons. The van der Waals surface area contributed by atoms with Crippen LogP contribution in [-0.4, -0.2) is 11.0 Å². The van der Waals surface area contributed by atoms with Gasteiger partial charge in [0.15, 0.2) is 0 Å². The van der Waals surface area contributed by atoms with Gasteiger partial charge >= 0.3 is 0 Å². The predicted molar refractivity (Wildman–Crippen MR) is 38.6 cm³/mol. The molecule has 0 aromatic carbocycles. The highest BCUT2D eigenvalue weighted by molar-refractivity contribution is 8.21. The fourth-order valence-electron chi connectivity index (χ4n) is 0.260. The van der Waals surface area contributed by atoms with Crippen LogP contribution in [0.5, 0.6) is 0 Å². The van der Waals surface area contributed by atoms with Gasteiger partial charge in [0.1, 0.15) is 0 Å². The summed E-state index contributed by atoms with van der Waals surface area (Å²) in [6.45, 7) is 3.53. The summed E-state index contributed by atoms with van der Waals surface area (Å²) in [7, 11) is 0. The molecule has 0 aromatic heterocycles. The average Bonchev–Trinajstić information content (AvgIpc) is 1.21. The van der Waals surface area contributed by atoms with E-state index < -0.39 is 5.84 Å². The molecule has 0 aliphatic heterocycles. The van der Waals surface area contributed by atoms with Crippen molar-refractivity contribution >= 4 is 28.9 Å². The van der Waals surface area contributed by atoms with Gasteiger partial charge in [0.05, 0.1) is 6.10 Å². The summed E-state index contributed by atoms with van der Waals surface area (Å²) in [6, 6.07) is 0. The van der Waals surface area contributed by atoms with Crippen molar-refractivity contribution in [2.75, 3.05) is 0 Å². The smallest absolute Gasteiger partial charge is 0.279 e. The Hall–Kier alpha value is 0.860. The van der Waals surface area contributed by atoms with E-state index in [1.54, 1.807) is 13.8 Å². The molecule has 0 bridgehead atoms. The molecule has 0 saturated heterocycles. The van der Waals surface area contributed by atoms with Crippen LogP contribution in [0.2, 0.25) is 0 Å². The molecule has 1 N–H and O–H groups in total. The van der Waals surface area contributed by atoms with E-state index in [0.29, 0.717) is 0 Å². The number of halogens is 1. The van der Waals surface area contributed by atoms with E-state index in [1.165, 1.54) is 0 Å². The first-order valence-corrected chi connectivity index (χ1v) is 5.70. The molecule has 8 heavy (non-hydrogen) atoms. The fourth-order valence-corrected chi connectivity index (χ4v) is 1.77. The molecule has 50 valence electrons. The maximum atomic E-state index is 8.66. The molecule has 0 fully saturated rings. The second kappa shape index (κ2) is 3.14. The summed E-state index contributed by atoms with van der Waals surface area (Å²) in [4.78, 5) is 8.66. The number of hydrogen-bond acceptors (Lipinski definition) is 2. The van der Waals surface area contributed by atoms with Gasteiger partial charge in [0, 0.05) is 0 Å². The van der Waals surface area contributed by atoms with Gasteiger partial charge in [-0.3, -0.25) is 0 Å². The molecule has 1 unspecified atom stereocenters. The van der Waals surface area contributed by atoms with Crippen molar-refractivity contribution in [3.05, 3.63) is 0 Å². The predicted octanol–water partition coefficient (Wildman–Crippen LogP) is 1.87. The minimum absolute atomic E-state index is 0.0941. The molecular weight excluding hydrogens is 167 g/mol. The Bertz CT molecular complexity index is 110. The monoisotopic (exact) mass is 174 g/mol. The van der Waals surface area contributed by atoms with Crippen LogP contribution in [0.4, 0.5) is 0 Å². The van der Waals surface area contributed by atoms with Crippen LogP contribution in [0.25, 0.3) is 0 Å². The van der Waals surface area contributed by atoms with Crippen molar-refractivity contribution in [2.45, 2.75) is 20.0 Å². The molecule has 5 heteroatoms. The lowest BCUT2D eigenvalue weighted by molar-refractivity contribution is 0.248. The highest BCUT2D eigenvalue weighted by Crippen LogP contribution is 2.48. The van der Waals surface area contributed by atoms with Crippen LogP contribution in [0.3, 0.4) is 0 Å². The molecule has 0 amide bonds. The molecule has 0 spiro atoms. The molecule has 1 atom stereocenters. The summed E-state index contributed by atoms with van der Waals surface area (Å²) < 4.78 is 4.68. The molecule has 0 aliphatic rings. The van der Waals surface area contributed by atoms with Gasteiger partial charge in [-0.05, 0) is 36.9 Å². The Kier molecular flexibility index (Phi) is 3.47. The van der Waals surface area contributed by atoms with E-state index in [9.17, 15) is 0 Å². The summed E-state index contributed by atoms with van der Waals surface area (Å²) in [5.41, 5.74) is 0. The van der Waals surface area contributed by atoms with Crippen molar-refractivity contribution in [1.82, 2.24) is 0 Å². The van der Waals surface area contributed by atoms with Crippen molar-refractivity contribution in [2.24, 2.45) is 0 Å². The Morgan fingerprint density at radius 3 is 2.12 bits per heavy atom. The summed E-state index contributed by atoms with van der Waals surface area (Å²) in [6.07, 6.45) is -0.0941. The molecule has 0 heterocycles. The van der Waals surface area contributed by atoms with Crippen LogP contribution in [0, 0.1) is 0 Å². The SMILES string of the molecule is CC(C)OP(O)(=S)Cl. The van der Waals surface area contributed by atoms with Crippen molar-refractivity contribution in [3.8, 4) is 0 Å². The molecule has 0 saturated carbocycles. The van der Waals surface area contributed by atoms with Gasteiger partial charge in [0.2, 0.25) is 0 Å². The van der Waals surface area contributed by atoms with Gasteiger partial charge in [0.25, 0.3) is 5.84 Å². The lowest BCUT2D eigenvalue weighted by Gasteiger charge is -2.09. The number of hydrogen-bond donors (Lipinski definition) is 1. The maximum Gasteiger partial charge on any atom is 0.279 e. The molecule has 2 nitrogen and oxygen atoms in total. The van der Waals surface area contributed by atoms with Gasteiger partial charge in [-0.15, -0.1) is 0 Å². The molecule has 0 rings (SSSR count). The van der Waals surface area contributed by atoms with Crippen LogP contribution in [0.1, 0.15) is 13.8 Å². The standard InChI is InChI=1S/C3H8ClO2PS/c1-3(2)6-7(4,5)8/h3H,1-2H3,(H,5,8). The van der Waals surface area contributed by atoms with Crippen LogP contribution >= 0.6 is 17.1 Å². The molecule has 0 aromatic rings. The Labute approximate surface area is 58.8 Å². The van der Waals surface area contributed by atoms with Crippen LogP contribution in [-0.2, 0) is 16.3 Å². The minimum atomic E-state index is -2.92. The average molecular weight is 175 g/mol. The van der Waals surface area contributed by atoms with E-state index in [4.69, 9.17) is 16.1 Å². The van der Waals surface area contributed by atoms with Gasteiger partial charge in [-0.1, -0.05) is 0 Å². The minimum Gasteiger partial charge on any atom is -0.334 e. The first-order valence-electron chi connectivity index (χ1n) is 2.12. The second-order valence-electron chi connectivity index (χ2n) is 1.61.